The lowest BCUT2D eigenvalue weighted by molar-refractivity contribution is -0.151. The summed E-state index contributed by atoms with van der Waals surface area (Å²) < 4.78 is 36.0. The van der Waals surface area contributed by atoms with Gasteiger partial charge in [0.2, 0.25) is 10.0 Å². The Balaban J connectivity index is 2.00. The summed E-state index contributed by atoms with van der Waals surface area (Å²) in [5, 5.41) is 0. The summed E-state index contributed by atoms with van der Waals surface area (Å²) in [4.78, 5) is 25.6. The molecule has 1 N–H and O–H groups in total. The average Bonchev–Trinajstić information content (AvgIpc) is 2.72. The molecule has 1 aliphatic rings. The minimum atomic E-state index is -3.43. The number of rotatable bonds is 7. The second kappa shape index (κ2) is 9.34. The zero-order chi connectivity index (χ0) is 22.6. The molecule has 0 spiro atoms. The fourth-order valence-corrected chi connectivity index (χ4v) is 4.30. The number of esters is 1. The summed E-state index contributed by atoms with van der Waals surface area (Å²) in [6.45, 7) is 1.89. The summed E-state index contributed by atoms with van der Waals surface area (Å²) in [5.41, 5.74) is 2.66. The molecule has 0 aromatic heterocycles. The number of sulfonamides is 1. The standard InChI is InChI=1S/C23H25NO6S/c1-4-30-23(26)22-20(15-8-10-19(29-2)11-9-15)13-17(14-21(22)25)16-6-5-7-18(12-16)24-31(3,27)28/h5-12,14,20,22,24H,4,13H2,1-3H3. The van der Waals surface area contributed by atoms with Crippen molar-refractivity contribution in [1.29, 1.82) is 0 Å². The van der Waals surface area contributed by atoms with Crippen LogP contribution in [-0.2, 0) is 24.3 Å². The Morgan fingerprint density at radius 3 is 2.48 bits per heavy atom. The van der Waals surface area contributed by atoms with E-state index in [1.165, 1.54) is 6.08 Å². The summed E-state index contributed by atoms with van der Waals surface area (Å²) in [7, 11) is -1.86. The van der Waals surface area contributed by atoms with E-state index in [1.807, 2.05) is 18.2 Å². The third kappa shape index (κ3) is 5.52. The van der Waals surface area contributed by atoms with Gasteiger partial charge in [-0.15, -0.1) is 0 Å². The molecule has 0 fully saturated rings. The first-order valence-electron chi connectivity index (χ1n) is 9.85. The molecule has 2 aromatic rings. The van der Waals surface area contributed by atoms with E-state index in [0.29, 0.717) is 23.4 Å². The number of anilines is 1. The van der Waals surface area contributed by atoms with Gasteiger partial charge >= 0.3 is 5.97 Å². The molecule has 0 heterocycles. The molecule has 0 radical (unpaired) electrons. The van der Waals surface area contributed by atoms with E-state index < -0.39 is 27.8 Å². The van der Waals surface area contributed by atoms with Crippen molar-refractivity contribution in [2.24, 2.45) is 5.92 Å². The SMILES string of the molecule is CCOC(=O)C1C(=O)C=C(c2cccc(NS(C)(=O)=O)c2)CC1c1ccc(OC)cc1. The Morgan fingerprint density at radius 1 is 1.16 bits per heavy atom. The van der Waals surface area contributed by atoms with Gasteiger partial charge in [-0.25, -0.2) is 8.42 Å². The summed E-state index contributed by atoms with van der Waals surface area (Å²) in [5.74, 6) is -1.55. The number of ether oxygens (including phenoxy) is 2. The van der Waals surface area contributed by atoms with E-state index in [0.717, 1.165) is 17.4 Å². The Bertz CT molecular complexity index is 1110. The molecule has 8 heteroatoms. The van der Waals surface area contributed by atoms with Crippen LogP contribution in [0.4, 0.5) is 5.69 Å². The average molecular weight is 444 g/mol. The van der Waals surface area contributed by atoms with Crippen molar-refractivity contribution in [3.8, 4) is 5.75 Å². The number of hydrogen-bond donors (Lipinski definition) is 1. The maximum absolute atomic E-state index is 13.0. The van der Waals surface area contributed by atoms with Gasteiger partial charge in [0.1, 0.15) is 11.7 Å². The number of hydrogen-bond acceptors (Lipinski definition) is 6. The van der Waals surface area contributed by atoms with Gasteiger partial charge in [-0.2, -0.15) is 0 Å². The topological polar surface area (TPSA) is 98.8 Å². The molecule has 7 nitrogen and oxygen atoms in total. The highest BCUT2D eigenvalue weighted by Crippen LogP contribution is 2.41. The van der Waals surface area contributed by atoms with Crippen molar-refractivity contribution in [2.75, 3.05) is 24.7 Å². The fraction of sp³-hybridized carbons (Fsp3) is 0.304. The quantitative estimate of drug-likeness (QED) is 0.520. The normalized spacial score (nSPS) is 18.8. The predicted molar refractivity (Wildman–Crippen MR) is 118 cm³/mol. The van der Waals surface area contributed by atoms with Gasteiger partial charge in [0.25, 0.3) is 0 Å². The van der Waals surface area contributed by atoms with E-state index in [2.05, 4.69) is 4.72 Å². The molecule has 2 aromatic carbocycles. The van der Waals surface area contributed by atoms with Crippen molar-refractivity contribution in [2.45, 2.75) is 19.3 Å². The van der Waals surface area contributed by atoms with Crippen LogP contribution in [0.15, 0.2) is 54.6 Å². The van der Waals surface area contributed by atoms with Gasteiger partial charge in [0, 0.05) is 11.6 Å². The molecule has 0 aliphatic heterocycles. The van der Waals surface area contributed by atoms with Crippen LogP contribution in [0.25, 0.3) is 5.57 Å². The number of ketones is 1. The third-order valence-electron chi connectivity index (χ3n) is 5.09. The molecule has 1 aliphatic carbocycles. The first-order chi connectivity index (χ1) is 14.7. The number of methoxy groups -OCH3 is 1. The molecule has 0 saturated heterocycles. The predicted octanol–water partition coefficient (Wildman–Crippen LogP) is 3.39. The second-order valence-electron chi connectivity index (χ2n) is 7.34. The largest absolute Gasteiger partial charge is 0.497 e. The molecule has 2 atom stereocenters. The van der Waals surface area contributed by atoms with E-state index in [9.17, 15) is 18.0 Å². The van der Waals surface area contributed by atoms with Crippen molar-refractivity contribution in [3.63, 3.8) is 0 Å². The highest BCUT2D eigenvalue weighted by atomic mass is 32.2. The maximum atomic E-state index is 13.0. The highest BCUT2D eigenvalue weighted by Gasteiger charge is 2.39. The Morgan fingerprint density at radius 2 is 1.87 bits per heavy atom. The zero-order valence-electron chi connectivity index (χ0n) is 17.6. The molecule has 3 rings (SSSR count). The molecule has 31 heavy (non-hydrogen) atoms. The second-order valence-corrected chi connectivity index (χ2v) is 9.09. The Labute approximate surface area is 182 Å². The van der Waals surface area contributed by atoms with E-state index in [1.54, 1.807) is 44.4 Å². The maximum Gasteiger partial charge on any atom is 0.317 e. The van der Waals surface area contributed by atoms with Crippen LogP contribution in [0.3, 0.4) is 0 Å². The highest BCUT2D eigenvalue weighted by molar-refractivity contribution is 7.92. The van der Waals surface area contributed by atoms with Crippen LogP contribution in [0, 0.1) is 5.92 Å². The van der Waals surface area contributed by atoms with E-state index in [4.69, 9.17) is 9.47 Å². The fourth-order valence-electron chi connectivity index (χ4n) is 3.75. The van der Waals surface area contributed by atoms with E-state index >= 15 is 0 Å². The van der Waals surface area contributed by atoms with Crippen LogP contribution in [0.2, 0.25) is 0 Å². The smallest absolute Gasteiger partial charge is 0.317 e. The van der Waals surface area contributed by atoms with Crippen LogP contribution >= 0.6 is 0 Å². The van der Waals surface area contributed by atoms with Crippen LogP contribution in [0.1, 0.15) is 30.4 Å². The third-order valence-corrected chi connectivity index (χ3v) is 5.69. The molecular formula is C23H25NO6S. The lowest BCUT2D eigenvalue weighted by Gasteiger charge is -2.29. The first-order valence-corrected chi connectivity index (χ1v) is 11.7. The lowest BCUT2D eigenvalue weighted by Crippen LogP contribution is -2.34. The van der Waals surface area contributed by atoms with Crippen molar-refractivity contribution < 1.29 is 27.5 Å². The van der Waals surface area contributed by atoms with Crippen LogP contribution < -0.4 is 9.46 Å². The molecule has 2 unspecified atom stereocenters. The molecular weight excluding hydrogens is 418 g/mol. The number of nitrogens with one attached hydrogen (secondary N) is 1. The summed E-state index contributed by atoms with van der Waals surface area (Å²) in [6.07, 6.45) is 2.96. The van der Waals surface area contributed by atoms with Gasteiger partial charge in [-0.3, -0.25) is 14.3 Å². The van der Waals surface area contributed by atoms with Gasteiger partial charge in [0.15, 0.2) is 5.78 Å². The number of allylic oxidation sites excluding steroid dienone is 2. The van der Waals surface area contributed by atoms with Crippen molar-refractivity contribution in [1.82, 2.24) is 0 Å². The molecule has 0 amide bonds. The van der Waals surface area contributed by atoms with Crippen LogP contribution in [0.5, 0.6) is 5.75 Å². The molecule has 0 bridgehead atoms. The van der Waals surface area contributed by atoms with E-state index in [-0.39, 0.29) is 12.4 Å². The van der Waals surface area contributed by atoms with Gasteiger partial charge in [-0.1, -0.05) is 24.3 Å². The summed E-state index contributed by atoms with van der Waals surface area (Å²) in [6, 6.07) is 14.1. The monoisotopic (exact) mass is 443 g/mol. The Kier molecular flexibility index (Phi) is 6.80. The number of carbonyl (C=O) groups excluding carboxylic acids is 2. The van der Waals surface area contributed by atoms with Crippen molar-refractivity contribution in [3.05, 3.63) is 65.7 Å². The minimum absolute atomic E-state index is 0.188. The molecule has 164 valence electrons. The van der Waals surface area contributed by atoms with Gasteiger partial charge in [-0.05, 0) is 60.4 Å². The minimum Gasteiger partial charge on any atom is -0.497 e. The first kappa shape index (κ1) is 22.6. The van der Waals surface area contributed by atoms with Gasteiger partial charge < -0.3 is 9.47 Å². The Hall–Kier alpha value is -3.13. The summed E-state index contributed by atoms with van der Waals surface area (Å²) >= 11 is 0. The zero-order valence-corrected chi connectivity index (χ0v) is 18.4. The van der Waals surface area contributed by atoms with Gasteiger partial charge in [0.05, 0.1) is 20.0 Å². The number of carbonyl (C=O) groups is 2. The lowest BCUT2D eigenvalue weighted by atomic mass is 9.73. The number of benzene rings is 2. The molecule has 0 saturated carbocycles. The van der Waals surface area contributed by atoms with Crippen LogP contribution in [-0.4, -0.2) is 40.1 Å². The van der Waals surface area contributed by atoms with Crippen molar-refractivity contribution >= 4 is 33.0 Å².